The van der Waals surface area contributed by atoms with Gasteiger partial charge in [0.1, 0.15) is 11.3 Å². The molecular formula is C19H23NO4. The molecule has 0 aliphatic heterocycles. The number of furan rings is 1. The molecule has 3 rings (SSSR count). The molecule has 1 aliphatic carbocycles. The maximum atomic E-state index is 12.8. The number of nitrogens with zero attached hydrogens (tertiary/aromatic N) is 1. The molecule has 1 heterocycles. The van der Waals surface area contributed by atoms with Crippen LogP contribution in [-0.2, 0) is 9.59 Å². The molecule has 0 bridgehead atoms. The van der Waals surface area contributed by atoms with E-state index in [4.69, 9.17) is 4.42 Å². The molecule has 0 saturated heterocycles. The van der Waals surface area contributed by atoms with E-state index in [0.717, 1.165) is 29.6 Å². The lowest BCUT2D eigenvalue weighted by Gasteiger charge is -2.31. The van der Waals surface area contributed by atoms with Crippen molar-refractivity contribution in [3.05, 3.63) is 36.1 Å². The van der Waals surface area contributed by atoms with Gasteiger partial charge in [0.05, 0.1) is 12.0 Å². The lowest BCUT2D eigenvalue weighted by Crippen LogP contribution is -2.38. The van der Waals surface area contributed by atoms with E-state index in [2.05, 4.69) is 0 Å². The zero-order chi connectivity index (χ0) is 17.3. The van der Waals surface area contributed by atoms with E-state index in [-0.39, 0.29) is 17.9 Å². The second-order valence-corrected chi connectivity index (χ2v) is 6.71. The van der Waals surface area contributed by atoms with Gasteiger partial charge in [-0.25, -0.2) is 0 Å². The van der Waals surface area contributed by atoms with Gasteiger partial charge in [-0.05, 0) is 38.3 Å². The lowest BCUT2D eigenvalue weighted by atomic mass is 9.80. The molecule has 1 N–H and O–H groups in total. The third kappa shape index (κ3) is 3.16. The van der Waals surface area contributed by atoms with Crippen molar-refractivity contribution < 1.29 is 19.1 Å². The van der Waals surface area contributed by atoms with Gasteiger partial charge >= 0.3 is 5.97 Å². The summed E-state index contributed by atoms with van der Waals surface area (Å²) in [6.07, 6.45) is 2.66. The van der Waals surface area contributed by atoms with Crippen LogP contribution in [0.2, 0.25) is 0 Å². The minimum absolute atomic E-state index is 0.00825. The van der Waals surface area contributed by atoms with E-state index in [1.807, 2.05) is 37.3 Å². The number of carboxylic acid groups (broad SMARTS) is 1. The smallest absolute Gasteiger partial charge is 0.306 e. The van der Waals surface area contributed by atoms with E-state index >= 15 is 0 Å². The Hall–Kier alpha value is -2.30. The first kappa shape index (κ1) is 16.6. The summed E-state index contributed by atoms with van der Waals surface area (Å²) in [7, 11) is 1.77. The van der Waals surface area contributed by atoms with Crippen molar-refractivity contribution in [2.45, 2.75) is 38.6 Å². The third-order valence-corrected chi connectivity index (χ3v) is 5.16. The third-order valence-electron chi connectivity index (χ3n) is 5.16. The normalized spacial score (nSPS) is 22.2. The molecular weight excluding hydrogens is 306 g/mol. The van der Waals surface area contributed by atoms with Crippen LogP contribution in [0.15, 0.2) is 34.7 Å². The molecule has 1 saturated carbocycles. The number of carboxylic acids is 1. The predicted octanol–water partition coefficient (Wildman–Crippen LogP) is 3.84. The van der Waals surface area contributed by atoms with Crippen molar-refractivity contribution in [3.8, 4) is 0 Å². The van der Waals surface area contributed by atoms with Crippen molar-refractivity contribution in [1.29, 1.82) is 0 Å². The summed E-state index contributed by atoms with van der Waals surface area (Å²) in [6, 6.07) is 9.54. The molecule has 2 aromatic rings. The summed E-state index contributed by atoms with van der Waals surface area (Å²) in [5, 5.41) is 10.2. The van der Waals surface area contributed by atoms with Crippen molar-refractivity contribution in [3.63, 3.8) is 0 Å². The van der Waals surface area contributed by atoms with E-state index < -0.39 is 11.9 Å². The van der Waals surface area contributed by atoms with Crippen molar-refractivity contribution in [2.24, 2.45) is 11.8 Å². The molecule has 24 heavy (non-hydrogen) atoms. The number of hydrogen-bond donors (Lipinski definition) is 1. The number of carbonyl (C=O) groups is 2. The number of carbonyl (C=O) groups excluding carboxylic acids is 1. The van der Waals surface area contributed by atoms with Gasteiger partial charge in [0.2, 0.25) is 5.91 Å². The summed E-state index contributed by atoms with van der Waals surface area (Å²) < 4.78 is 5.86. The molecule has 0 radical (unpaired) electrons. The van der Waals surface area contributed by atoms with Crippen LogP contribution in [-0.4, -0.2) is 28.9 Å². The second-order valence-electron chi connectivity index (χ2n) is 6.71. The van der Waals surface area contributed by atoms with Gasteiger partial charge in [-0.2, -0.15) is 0 Å². The lowest BCUT2D eigenvalue weighted by molar-refractivity contribution is -0.145. The maximum Gasteiger partial charge on any atom is 0.306 e. The Bertz CT molecular complexity index is 718. The highest BCUT2D eigenvalue weighted by Crippen LogP contribution is 2.33. The topological polar surface area (TPSA) is 70.8 Å². The van der Waals surface area contributed by atoms with Crippen LogP contribution < -0.4 is 0 Å². The summed E-state index contributed by atoms with van der Waals surface area (Å²) in [4.78, 5) is 25.7. The number of benzene rings is 1. The number of fused-ring (bicyclic) bond motifs is 1. The molecule has 5 heteroatoms. The molecule has 3 atom stereocenters. The van der Waals surface area contributed by atoms with Crippen molar-refractivity contribution in [1.82, 2.24) is 4.90 Å². The summed E-state index contributed by atoms with van der Waals surface area (Å²) in [5.74, 6) is -0.647. The second kappa shape index (κ2) is 6.67. The SMILES string of the molecule is CC(c1cc2ccccc2o1)N(C)C(=O)C1CCCC(C(=O)O)C1. The van der Waals surface area contributed by atoms with Crippen LogP contribution in [0.1, 0.15) is 44.4 Å². The molecule has 3 unspecified atom stereocenters. The largest absolute Gasteiger partial charge is 0.481 e. The highest BCUT2D eigenvalue weighted by Gasteiger charge is 2.34. The van der Waals surface area contributed by atoms with Gasteiger partial charge < -0.3 is 14.4 Å². The van der Waals surface area contributed by atoms with Gasteiger partial charge in [-0.15, -0.1) is 0 Å². The molecule has 1 aromatic carbocycles. The Morgan fingerprint density at radius 3 is 2.67 bits per heavy atom. The first-order valence-corrected chi connectivity index (χ1v) is 8.45. The highest BCUT2D eigenvalue weighted by atomic mass is 16.4. The zero-order valence-electron chi connectivity index (χ0n) is 14.1. The molecule has 1 aromatic heterocycles. The molecule has 1 amide bonds. The molecule has 128 valence electrons. The van der Waals surface area contributed by atoms with Crippen LogP contribution in [0.25, 0.3) is 11.0 Å². The maximum absolute atomic E-state index is 12.8. The van der Waals surface area contributed by atoms with Crippen LogP contribution in [0.4, 0.5) is 0 Å². The molecule has 1 fully saturated rings. The van der Waals surface area contributed by atoms with Gasteiger partial charge in [0, 0.05) is 18.4 Å². The number of rotatable bonds is 4. The monoisotopic (exact) mass is 329 g/mol. The Balaban J connectivity index is 1.73. The summed E-state index contributed by atoms with van der Waals surface area (Å²) in [6.45, 7) is 1.94. The highest BCUT2D eigenvalue weighted by molar-refractivity contribution is 5.81. The minimum atomic E-state index is -0.791. The van der Waals surface area contributed by atoms with Gasteiger partial charge in [-0.1, -0.05) is 24.6 Å². The van der Waals surface area contributed by atoms with Crippen LogP contribution >= 0.6 is 0 Å². The summed E-state index contributed by atoms with van der Waals surface area (Å²) in [5.41, 5.74) is 0.809. The fraction of sp³-hybridized carbons (Fsp3) is 0.474. The zero-order valence-corrected chi connectivity index (χ0v) is 14.1. The standard InChI is InChI=1S/C19H23NO4/c1-12(17-11-13-6-3-4-9-16(13)24-17)20(2)18(21)14-7-5-8-15(10-14)19(22)23/h3-4,6,9,11-12,14-15H,5,7-8,10H2,1-2H3,(H,22,23). The van der Waals surface area contributed by atoms with Crippen molar-refractivity contribution in [2.75, 3.05) is 7.05 Å². The van der Waals surface area contributed by atoms with Gasteiger partial charge in [0.15, 0.2) is 0 Å². The van der Waals surface area contributed by atoms with Crippen LogP contribution in [0.3, 0.4) is 0 Å². The number of amides is 1. The Morgan fingerprint density at radius 2 is 1.96 bits per heavy atom. The van der Waals surface area contributed by atoms with E-state index in [0.29, 0.717) is 12.8 Å². The number of para-hydroxylation sites is 1. The van der Waals surface area contributed by atoms with Gasteiger partial charge in [-0.3, -0.25) is 9.59 Å². The van der Waals surface area contributed by atoms with Crippen LogP contribution in [0, 0.1) is 11.8 Å². The molecule has 1 aliphatic rings. The van der Waals surface area contributed by atoms with Crippen LogP contribution in [0.5, 0.6) is 0 Å². The van der Waals surface area contributed by atoms with Crippen molar-refractivity contribution >= 4 is 22.8 Å². The predicted molar refractivity (Wildman–Crippen MR) is 90.5 cm³/mol. The first-order chi connectivity index (χ1) is 11.5. The first-order valence-electron chi connectivity index (χ1n) is 8.45. The van der Waals surface area contributed by atoms with E-state index in [1.54, 1.807) is 11.9 Å². The fourth-order valence-electron chi connectivity index (χ4n) is 3.52. The molecule has 5 nitrogen and oxygen atoms in total. The quantitative estimate of drug-likeness (QED) is 0.925. The Labute approximate surface area is 141 Å². The Morgan fingerprint density at radius 1 is 1.25 bits per heavy atom. The number of aliphatic carboxylic acids is 1. The minimum Gasteiger partial charge on any atom is -0.481 e. The van der Waals surface area contributed by atoms with E-state index in [1.165, 1.54) is 0 Å². The average Bonchev–Trinajstić information content (AvgIpc) is 3.04. The average molecular weight is 329 g/mol. The molecule has 0 spiro atoms. The summed E-state index contributed by atoms with van der Waals surface area (Å²) >= 11 is 0. The fourth-order valence-corrected chi connectivity index (χ4v) is 3.52. The van der Waals surface area contributed by atoms with E-state index in [9.17, 15) is 14.7 Å². The number of hydrogen-bond acceptors (Lipinski definition) is 3. The Kier molecular flexibility index (Phi) is 4.60. The van der Waals surface area contributed by atoms with Gasteiger partial charge in [0.25, 0.3) is 0 Å².